The number of Topliss-reactive ketones (excluding diaryl/α,β-unsaturated/α-hetero) is 1. The van der Waals surface area contributed by atoms with E-state index in [4.69, 9.17) is 11.5 Å². The van der Waals surface area contributed by atoms with E-state index in [1.54, 1.807) is 6.92 Å². The van der Waals surface area contributed by atoms with E-state index in [-0.39, 0.29) is 30.2 Å². The minimum Gasteiger partial charge on any atom is -0.462 e. The fourth-order valence-electron chi connectivity index (χ4n) is 0.885. The number of nitrogens with two attached hydrogens (primary N) is 2. The monoisotopic (exact) mass is 244 g/mol. The van der Waals surface area contributed by atoms with Gasteiger partial charge in [0.25, 0.3) is 0 Å². The van der Waals surface area contributed by atoms with Gasteiger partial charge in [-0.1, -0.05) is 0 Å². The summed E-state index contributed by atoms with van der Waals surface area (Å²) in [5, 5.41) is 0. The maximum atomic E-state index is 11.3. The Hall–Kier alpha value is -2.05. The Morgan fingerprint density at radius 3 is 2.12 bits per heavy atom. The summed E-state index contributed by atoms with van der Waals surface area (Å²) in [5.74, 6) is -2.11. The lowest BCUT2D eigenvalue weighted by Crippen LogP contribution is -2.24. The molecule has 17 heavy (non-hydrogen) atoms. The first-order chi connectivity index (χ1) is 7.88. The molecule has 4 N–H and O–H groups in total. The van der Waals surface area contributed by atoms with E-state index < -0.39 is 18.5 Å². The van der Waals surface area contributed by atoms with Crippen molar-refractivity contribution in [1.29, 1.82) is 0 Å². The molecule has 0 atom stereocenters. The highest BCUT2D eigenvalue weighted by atomic mass is 16.5. The third kappa shape index (κ3) is 6.18. The van der Waals surface area contributed by atoms with Crippen molar-refractivity contribution in [3.05, 3.63) is 11.4 Å². The smallest absolute Gasteiger partial charge is 0.341 e. The Balaban J connectivity index is 4.40. The lowest BCUT2D eigenvalue weighted by Gasteiger charge is -2.09. The zero-order chi connectivity index (χ0) is 13.4. The summed E-state index contributed by atoms with van der Waals surface area (Å²) < 4.78 is 9.33. The predicted octanol–water partition coefficient (Wildman–Crippen LogP) is -0.799. The minimum absolute atomic E-state index is 0.135. The molecule has 0 amide bonds. The van der Waals surface area contributed by atoms with Crippen LogP contribution in [0.25, 0.3) is 0 Å². The van der Waals surface area contributed by atoms with Crippen molar-refractivity contribution in [3.63, 3.8) is 0 Å². The van der Waals surface area contributed by atoms with Crippen LogP contribution in [0, 0.1) is 0 Å². The summed E-state index contributed by atoms with van der Waals surface area (Å²) in [7, 11) is 0. The van der Waals surface area contributed by atoms with E-state index in [1.165, 1.54) is 6.92 Å². The second kappa shape index (κ2) is 7.26. The molecule has 0 heterocycles. The average molecular weight is 244 g/mol. The van der Waals surface area contributed by atoms with Crippen LogP contribution >= 0.6 is 0 Å². The third-order valence-corrected chi connectivity index (χ3v) is 1.64. The first-order valence-corrected chi connectivity index (χ1v) is 4.94. The van der Waals surface area contributed by atoms with Crippen molar-refractivity contribution in [2.24, 2.45) is 11.5 Å². The molecular weight excluding hydrogens is 228 g/mol. The summed E-state index contributed by atoms with van der Waals surface area (Å²) in [6.45, 7) is 2.61. The van der Waals surface area contributed by atoms with Gasteiger partial charge in [-0.25, -0.2) is 4.79 Å². The van der Waals surface area contributed by atoms with Gasteiger partial charge in [-0.2, -0.15) is 0 Å². The van der Waals surface area contributed by atoms with Gasteiger partial charge in [0.1, 0.15) is 30.2 Å². The minimum atomic E-state index is -0.749. The maximum Gasteiger partial charge on any atom is 0.341 e. The molecule has 7 heteroatoms. The second-order valence-electron chi connectivity index (χ2n) is 3.19. The van der Waals surface area contributed by atoms with Crippen molar-refractivity contribution in [3.8, 4) is 0 Å². The highest BCUT2D eigenvalue weighted by Crippen LogP contribution is 2.02. The molecule has 0 aliphatic carbocycles. The van der Waals surface area contributed by atoms with Crippen molar-refractivity contribution in [2.45, 2.75) is 20.3 Å². The third-order valence-electron chi connectivity index (χ3n) is 1.64. The van der Waals surface area contributed by atoms with E-state index in [0.29, 0.717) is 0 Å². The lowest BCUT2D eigenvalue weighted by atomic mass is 10.3. The second-order valence-corrected chi connectivity index (χ2v) is 3.19. The average Bonchev–Trinajstić information content (AvgIpc) is 2.16. The Morgan fingerprint density at radius 1 is 1.12 bits per heavy atom. The van der Waals surface area contributed by atoms with E-state index in [1.807, 2.05) is 0 Å². The molecule has 0 spiro atoms. The number of ketones is 1. The molecule has 0 fully saturated rings. The molecule has 0 aromatic rings. The number of ether oxygens (including phenoxy) is 2. The van der Waals surface area contributed by atoms with E-state index in [0.717, 1.165) is 0 Å². The van der Waals surface area contributed by atoms with Crippen LogP contribution in [-0.4, -0.2) is 30.9 Å². The summed E-state index contributed by atoms with van der Waals surface area (Å²) in [4.78, 5) is 33.0. The molecule has 0 aromatic carbocycles. The van der Waals surface area contributed by atoms with Gasteiger partial charge < -0.3 is 20.9 Å². The predicted molar refractivity (Wildman–Crippen MR) is 58.3 cm³/mol. The molecule has 0 rings (SSSR count). The molecule has 0 radical (unpaired) electrons. The van der Waals surface area contributed by atoms with Crippen molar-refractivity contribution >= 4 is 17.7 Å². The molecule has 0 aliphatic heterocycles. The first kappa shape index (κ1) is 14.9. The summed E-state index contributed by atoms with van der Waals surface area (Å²) in [6.07, 6.45) is -0.361. The van der Waals surface area contributed by atoms with Crippen molar-refractivity contribution in [2.75, 3.05) is 13.2 Å². The van der Waals surface area contributed by atoms with Gasteiger partial charge in [0.15, 0.2) is 0 Å². The van der Waals surface area contributed by atoms with Crippen LogP contribution in [0.15, 0.2) is 11.4 Å². The number of esters is 2. The van der Waals surface area contributed by atoms with Gasteiger partial charge >= 0.3 is 11.9 Å². The molecular formula is C10H16N2O5. The van der Waals surface area contributed by atoms with Crippen LogP contribution in [0.5, 0.6) is 0 Å². The van der Waals surface area contributed by atoms with Gasteiger partial charge in [-0.3, -0.25) is 9.59 Å². The number of carbonyl (C=O) groups excluding carboxylic acids is 3. The van der Waals surface area contributed by atoms with Crippen molar-refractivity contribution in [1.82, 2.24) is 0 Å². The number of carbonyl (C=O) groups is 3. The molecule has 0 saturated carbocycles. The molecule has 0 aliphatic rings. The molecule has 7 nitrogen and oxygen atoms in total. The standard InChI is InChI=1S/C10H16N2O5/c1-3-16-10(15)7(9(11)12)5-17-8(14)4-6(2)13/h3-5,11-12H2,1-2H3. The van der Waals surface area contributed by atoms with Crippen LogP contribution in [0.4, 0.5) is 0 Å². The Kier molecular flexibility index (Phi) is 6.39. The first-order valence-electron chi connectivity index (χ1n) is 4.94. The van der Waals surface area contributed by atoms with E-state index >= 15 is 0 Å². The zero-order valence-corrected chi connectivity index (χ0v) is 9.82. The van der Waals surface area contributed by atoms with Crippen LogP contribution in [0.1, 0.15) is 20.3 Å². The Labute approximate surface area is 98.7 Å². The highest BCUT2D eigenvalue weighted by molar-refractivity contribution is 5.95. The fourth-order valence-corrected chi connectivity index (χ4v) is 0.885. The van der Waals surface area contributed by atoms with Gasteiger partial charge in [-0.05, 0) is 13.8 Å². The number of rotatable bonds is 6. The summed E-state index contributed by atoms with van der Waals surface area (Å²) >= 11 is 0. The van der Waals surface area contributed by atoms with Gasteiger partial charge in [0.05, 0.1) is 6.61 Å². The SMILES string of the molecule is CCOC(=O)C(COC(=O)CC(C)=O)=C(N)N. The molecule has 0 aromatic heterocycles. The quantitative estimate of drug-likeness (QED) is 0.356. The van der Waals surface area contributed by atoms with Crippen LogP contribution in [0.3, 0.4) is 0 Å². The zero-order valence-electron chi connectivity index (χ0n) is 9.82. The van der Waals surface area contributed by atoms with Crippen LogP contribution in [0.2, 0.25) is 0 Å². The van der Waals surface area contributed by atoms with Gasteiger partial charge in [0, 0.05) is 0 Å². The number of hydrogen-bond donors (Lipinski definition) is 2. The van der Waals surface area contributed by atoms with Gasteiger partial charge in [-0.15, -0.1) is 0 Å². The number of hydrogen-bond acceptors (Lipinski definition) is 7. The molecule has 0 unspecified atom stereocenters. The summed E-state index contributed by atoms with van der Waals surface area (Å²) in [6, 6.07) is 0. The highest BCUT2D eigenvalue weighted by Gasteiger charge is 2.16. The van der Waals surface area contributed by atoms with Crippen LogP contribution in [-0.2, 0) is 23.9 Å². The maximum absolute atomic E-state index is 11.3. The Morgan fingerprint density at radius 2 is 1.71 bits per heavy atom. The van der Waals surface area contributed by atoms with Gasteiger partial charge in [0.2, 0.25) is 0 Å². The topological polar surface area (TPSA) is 122 Å². The largest absolute Gasteiger partial charge is 0.462 e. The fraction of sp³-hybridized carbons (Fsp3) is 0.500. The normalized spacial score (nSPS) is 9.29. The molecule has 96 valence electrons. The van der Waals surface area contributed by atoms with E-state index in [9.17, 15) is 14.4 Å². The molecule has 0 bridgehead atoms. The summed E-state index contributed by atoms with van der Waals surface area (Å²) in [5.41, 5.74) is 10.4. The van der Waals surface area contributed by atoms with Crippen molar-refractivity contribution < 1.29 is 23.9 Å². The van der Waals surface area contributed by atoms with Crippen LogP contribution < -0.4 is 11.5 Å². The lowest BCUT2D eigenvalue weighted by molar-refractivity contribution is -0.146. The Bertz CT molecular complexity index is 345. The van der Waals surface area contributed by atoms with E-state index in [2.05, 4.69) is 9.47 Å². The molecule has 0 saturated heterocycles.